The number of nitrogens with zero attached hydrogens (tertiary/aromatic N) is 2. The van der Waals surface area contributed by atoms with E-state index in [1.165, 1.54) is 11.5 Å². The summed E-state index contributed by atoms with van der Waals surface area (Å²) in [7, 11) is 1.71. The molecule has 0 aliphatic rings. The van der Waals surface area contributed by atoms with Crippen molar-refractivity contribution in [1.82, 2.24) is 14.7 Å². The zero-order chi connectivity index (χ0) is 10.9. The Balaban J connectivity index is 2.04. The molecule has 0 aromatic carbocycles. The Kier molecular flexibility index (Phi) is 6.91. The van der Waals surface area contributed by atoms with Crippen LogP contribution in [0.25, 0.3) is 0 Å². The van der Waals surface area contributed by atoms with E-state index in [1.807, 2.05) is 0 Å². The summed E-state index contributed by atoms with van der Waals surface area (Å²) in [5.74, 6) is 1.98. The normalized spacial score (nSPS) is 10.8. The molecular weight excluding hydrogens is 230 g/mol. The van der Waals surface area contributed by atoms with Crippen molar-refractivity contribution in [2.75, 3.05) is 32.6 Å². The topological polar surface area (TPSA) is 47.0 Å². The van der Waals surface area contributed by atoms with Gasteiger partial charge in [-0.15, -0.1) is 0 Å². The van der Waals surface area contributed by atoms with Gasteiger partial charge in [-0.3, -0.25) is 0 Å². The fourth-order valence-electron chi connectivity index (χ4n) is 0.950. The number of hydrogen-bond donors (Lipinski definition) is 1. The minimum absolute atomic E-state index is 0.767. The minimum atomic E-state index is 0.767. The molecule has 0 amide bonds. The first-order valence-electron chi connectivity index (χ1n) is 5.02. The molecule has 15 heavy (non-hydrogen) atoms. The number of thioether (sulfide) groups is 1. The van der Waals surface area contributed by atoms with Gasteiger partial charge in [0.15, 0.2) is 4.34 Å². The van der Waals surface area contributed by atoms with Crippen molar-refractivity contribution in [2.45, 2.75) is 17.7 Å². The molecule has 0 atom stereocenters. The highest BCUT2D eigenvalue weighted by Crippen LogP contribution is 2.19. The number of ether oxygens (including phenoxy) is 1. The molecule has 1 aromatic rings. The molecule has 86 valence electrons. The minimum Gasteiger partial charge on any atom is -0.383 e. The highest BCUT2D eigenvalue weighted by molar-refractivity contribution is 8.00. The molecule has 0 aliphatic carbocycles. The van der Waals surface area contributed by atoms with Crippen LogP contribution in [0.1, 0.15) is 12.7 Å². The molecule has 0 radical (unpaired) electrons. The lowest BCUT2D eigenvalue weighted by Crippen LogP contribution is -2.21. The average molecular weight is 247 g/mol. The number of methoxy groups -OCH3 is 1. The number of rotatable bonds is 8. The molecule has 0 aliphatic heterocycles. The molecule has 0 bridgehead atoms. The number of aryl methyl sites for hydroxylation is 1. The number of hydrogen-bond acceptors (Lipinski definition) is 6. The Bertz CT molecular complexity index is 268. The molecule has 0 spiro atoms. The van der Waals surface area contributed by atoms with E-state index >= 15 is 0 Å². The second kappa shape index (κ2) is 8.04. The van der Waals surface area contributed by atoms with Crippen LogP contribution in [0.3, 0.4) is 0 Å². The molecule has 1 N–H and O–H groups in total. The summed E-state index contributed by atoms with van der Waals surface area (Å²) in [5, 5.41) is 3.29. The third-order valence-electron chi connectivity index (χ3n) is 1.75. The maximum Gasteiger partial charge on any atom is 0.170 e. The van der Waals surface area contributed by atoms with E-state index in [9.17, 15) is 0 Å². The molecule has 1 heterocycles. The van der Waals surface area contributed by atoms with Gasteiger partial charge in [0.1, 0.15) is 5.82 Å². The van der Waals surface area contributed by atoms with Gasteiger partial charge in [-0.05, 0) is 11.5 Å². The quantitative estimate of drug-likeness (QED) is 0.556. The Morgan fingerprint density at radius 3 is 3.00 bits per heavy atom. The second-order valence-corrected chi connectivity index (χ2v) is 5.02. The van der Waals surface area contributed by atoms with Gasteiger partial charge in [-0.2, -0.15) is 4.37 Å². The van der Waals surface area contributed by atoms with Crippen LogP contribution in [0.2, 0.25) is 0 Å². The average Bonchev–Trinajstić information content (AvgIpc) is 2.71. The van der Waals surface area contributed by atoms with Crippen molar-refractivity contribution in [3.63, 3.8) is 0 Å². The lowest BCUT2D eigenvalue weighted by molar-refractivity contribution is 0.200. The zero-order valence-electron chi connectivity index (χ0n) is 9.15. The van der Waals surface area contributed by atoms with E-state index in [0.29, 0.717) is 0 Å². The van der Waals surface area contributed by atoms with E-state index in [0.717, 1.165) is 42.0 Å². The van der Waals surface area contributed by atoms with Gasteiger partial charge in [0, 0.05) is 32.4 Å². The monoisotopic (exact) mass is 247 g/mol. The van der Waals surface area contributed by atoms with Gasteiger partial charge in [-0.1, -0.05) is 18.7 Å². The fraction of sp³-hybridized carbons (Fsp3) is 0.778. The molecule has 0 saturated carbocycles. The van der Waals surface area contributed by atoms with E-state index < -0.39 is 0 Å². The maximum absolute atomic E-state index is 4.93. The maximum atomic E-state index is 4.93. The van der Waals surface area contributed by atoms with Crippen molar-refractivity contribution < 1.29 is 4.74 Å². The van der Waals surface area contributed by atoms with Crippen LogP contribution in [0.4, 0.5) is 0 Å². The first-order chi connectivity index (χ1) is 7.36. The Hall–Kier alpha value is -0.170. The SMILES string of the molecule is CCc1nsc(SCCNCCOC)n1. The van der Waals surface area contributed by atoms with Crippen LogP contribution in [-0.2, 0) is 11.2 Å². The molecule has 6 heteroatoms. The van der Waals surface area contributed by atoms with Gasteiger partial charge < -0.3 is 10.1 Å². The predicted molar refractivity (Wildman–Crippen MR) is 64.8 cm³/mol. The zero-order valence-corrected chi connectivity index (χ0v) is 10.8. The predicted octanol–water partition coefficient (Wildman–Crippen LogP) is 1.43. The molecule has 0 fully saturated rings. The third kappa shape index (κ3) is 5.46. The van der Waals surface area contributed by atoms with Crippen LogP contribution in [0, 0.1) is 0 Å². The van der Waals surface area contributed by atoms with Gasteiger partial charge in [0.25, 0.3) is 0 Å². The van der Waals surface area contributed by atoms with Crippen molar-refractivity contribution in [1.29, 1.82) is 0 Å². The molecule has 4 nitrogen and oxygen atoms in total. The molecule has 0 unspecified atom stereocenters. The third-order valence-corrected chi connectivity index (χ3v) is 3.63. The highest BCUT2D eigenvalue weighted by Gasteiger charge is 2.01. The Morgan fingerprint density at radius 2 is 2.33 bits per heavy atom. The van der Waals surface area contributed by atoms with Gasteiger partial charge in [0.05, 0.1) is 6.61 Å². The summed E-state index contributed by atoms with van der Waals surface area (Å²) in [4.78, 5) is 4.38. The summed E-state index contributed by atoms with van der Waals surface area (Å²) in [6.07, 6.45) is 0.920. The van der Waals surface area contributed by atoms with E-state index in [-0.39, 0.29) is 0 Å². The lowest BCUT2D eigenvalue weighted by Gasteiger charge is -2.01. The summed E-state index contributed by atoms with van der Waals surface area (Å²) < 4.78 is 10.2. The fourth-order valence-corrected chi connectivity index (χ4v) is 2.61. The van der Waals surface area contributed by atoms with Gasteiger partial charge in [-0.25, -0.2) is 4.98 Å². The Labute approximate surface area is 99.0 Å². The highest BCUT2D eigenvalue weighted by atomic mass is 32.2. The smallest absolute Gasteiger partial charge is 0.170 e. The lowest BCUT2D eigenvalue weighted by atomic mass is 10.5. The van der Waals surface area contributed by atoms with Gasteiger partial charge >= 0.3 is 0 Å². The Morgan fingerprint density at radius 1 is 1.47 bits per heavy atom. The summed E-state index contributed by atoms with van der Waals surface area (Å²) >= 11 is 3.25. The van der Waals surface area contributed by atoms with Crippen molar-refractivity contribution >= 4 is 23.3 Å². The second-order valence-electron chi connectivity index (χ2n) is 2.92. The van der Waals surface area contributed by atoms with Crippen molar-refractivity contribution in [2.24, 2.45) is 0 Å². The van der Waals surface area contributed by atoms with E-state index in [1.54, 1.807) is 18.9 Å². The van der Waals surface area contributed by atoms with Crippen LogP contribution in [0.5, 0.6) is 0 Å². The van der Waals surface area contributed by atoms with Crippen molar-refractivity contribution in [3.05, 3.63) is 5.82 Å². The van der Waals surface area contributed by atoms with Crippen LogP contribution in [-0.4, -0.2) is 41.9 Å². The summed E-state index contributed by atoms with van der Waals surface area (Å²) in [5.41, 5.74) is 0. The van der Waals surface area contributed by atoms with Crippen molar-refractivity contribution in [3.8, 4) is 0 Å². The molecule has 1 rings (SSSR count). The van der Waals surface area contributed by atoms with E-state index in [2.05, 4.69) is 21.6 Å². The molecule has 1 aromatic heterocycles. The van der Waals surface area contributed by atoms with Crippen LogP contribution in [0.15, 0.2) is 4.34 Å². The molecule has 0 saturated heterocycles. The van der Waals surface area contributed by atoms with E-state index in [4.69, 9.17) is 4.74 Å². The first kappa shape index (κ1) is 12.9. The first-order valence-corrected chi connectivity index (χ1v) is 6.77. The standard InChI is InChI=1S/C9H17N3OS2/c1-3-8-11-9(15-12-8)14-7-5-10-4-6-13-2/h10H,3-7H2,1-2H3. The van der Waals surface area contributed by atoms with Crippen LogP contribution < -0.4 is 5.32 Å². The molecular formula is C9H17N3OS2. The number of nitrogens with one attached hydrogen (secondary N) is 1. The van der Waals surface area contributed by atoms with Crippen LogP contribution >= 0.6 is 23.3 Å². The summed E-state index contributed by atoms with van der Waals surface area (Å²) in [6, 6.07) is 0. The van der Waals surface area contributed by atoms with Gasteiger partial charge in [0.2, 0.25) is 0 Å². The summed E-state index contributed by atoms with van der Waals surface area (Å²) in [6.45, 7) is 4.73. The number of aromatic nitrogens is 2. The largest absolute Gasteiger partial charge is 0.383 e.